The normalized spacial score (nSPS) is 10.6. The lowest BCUT2D eigenvalue weighted by Crippen LogP contribution is -2.00. The largest absolute Gasteiger partial charge is 0.298 e. The molecule has 0 spiro atoms. The van der Waals surface area contributed by atoms with E-state index >= 15 is 0 Å². The number of aldehydes is 1. The molecule has 1 heterocycles. The number of nitrogens with zero attached hydrogens (tertiary/aromatic N) is 1. The van der Waals surface area contributed by atoms with Gasteiger partial charge in [-0.15, -0.1) is 0 Å². The van der Waals surface area contributed by atoms with Crippen molar-refractivity contribution >= 4 is 38.1 Å². The number of rotatable bonds is 3. The van der Waals surface area contributed by atoms with Gasteiger partial charge >= 0.3 is 0 Å². The van der Waals surface area contributed by atoms with E-state index < -0.39 is 12.1 Å². The van der Waals surface area contributed by atoms with Crippen LogP contribution < -0.4 is 0 Å². The number of hydrogen-bond acceptors (Lipinski definition) is 2. The second-order valence-corrected chi connectivity index (χ2v) is 3.78. The molecule has 0 saturated carbocycles. The molecule has 0 atom stereocenters. The van der Waals surface area contributed by atoms with Gasteiger partial charge in [0.25, 0.3) is 6.43 Å². The quantitative estimate of drug-likeness (QED) is 0.483. The van der Waals surface area contributed by atoms with Crippen LogP contribution in [0.4, 0.5) is 8.78 Å². The summed E-state index contributed by atoms with van der Waals surface area (Å²) in [6, 6.07) is 1.39. The SMILES string of the molecule is O=Cc1cc(CBr)c(Br)nc1C(F)F. The van der Waals surface area contributed by atoms with E-state index in [4.69, 9.17) is 0 Å². The first-order valence-corrected chi connectivity index (χ1v) is 5.50. The third-order valence-corrected chi connectivity index (χ3v) is 2.88. The highest BCUT2D eigenvalue weighted by atomic mass is 79.9. The van der Waals surface area contributed by atoms with E-state index in [-0.39, 0.29) is 5.56 Å². The zero-order valence-corrected chi connectivity index (χ0v) is 9.98. The second-order valence-electron chi connectivity index (χ2n) is 2.46. The predicted octanol–water partition coefficient (Wildman–Crippen LogP) is 3.49. The molecule has 0 N–H and O–H groups in total. The van der Waals surface area contributed by atoms with Crippen molar-refractivity contribution in [3.8, 4) is 0 Å². The Morgan fingerprint density at radius 1 is 1.57 bits per heavy atom. The van der Waals surface area contributed by atoms with Crippen molar-refractivity contribution in [2.24, 2.45) is 0 Å². The van der Waals surface area contributed by atoms with E-state index in [1.54, 1.807) is 0 Å². The monoisotopic (exact) mass is 327 g/mol. The highest BCUT2D eigenvalue weighted by Gasteiger charge is 2.17. The molecule has 1 aromatic rings. The van der Waals surface area contributed by atoms with Crippen LogP contribution in [0.5, 0.6) is 0 Å². The lowest BCUT2D eigenvalue weighted by molar-refractivity contribution is 0.110. The fraction of sp³-hybridized carbons (Fsp3) is 0.250. The molecule has 0 aromatic carbocycles. The first-order valence-electron chi connectivity index (χ1n) is 3.58. The van der Waals surface area contributed by atoms with Crippen molar-refractivity contribution in [3.05, 3.63) is 27.5 Å². The molecule has 0 amide bonds. The molecule has 6 heteroatoms. The van der Waals surface area contributed by atoms with Crippen LogP contribution >= 0.6 is 31.9 Å². The first kappa shape index (κ1) is 11.7. The average Bonchev–Trinajstić information content (AvgIpc) is 2.17. The maximum absolute atomic E-state index is 12.4. The van der Waals surface area contributed by atoms with Gasteiger partial charge in [0.05, 0.1) is 0 Å². The number of halogens is 4. The average molecular weight is 329 g/mol. The van der Waals surface area contributed by atoms with Crippen LogP contribution in [-0.4, -0.2) is 11.3 Å². The van der Waals surface area contributed by atoms with Crippen molar-refractivity contribution in [3.63, 3.8) is 0 Å². The van der Waals surface area contributed by atoms with E-state index in [0.29, 0.717) is 21.8 Å². The Morgan fingerprint density at radius 3 is 2.64 bits per heavy atom. The van der Waals surface area contributed by atoms with Crippen LogP contribution in [0.25, 0.3) is 0 Å². The molecule has 14 heavy (non-hydrogen) atoms. The van der Waals surface area contributed by atoms with Crippen LogP contribution in [0.3, 0.4) is 0 Å². The van der Waals surface area contributed by atoms with Gasteiger partial charge in [0, 0.05) is 10.9 Å². The first-order chi connectivity index (χ1) is 6.60. The summed E-state index contributed by atoms with van der Waals surface area (Å²) >= 11 is 6.21. The minimum Gasteiger partial charge on any atom is -0.298 e. The Morgan fingerprint density at radius 2 is 2.21 bits per heavy atom. The predicted molar refractivity (Wildman–Crippen MR) is 54.9 cm³/mol. The minimum absolute atomic E-state index is 0.0716. The Balaban J connectivity index is 3.31. The number of carbonyl (C=O) groups is 1. The molecule has 1 rings (SSSR count). The van der Waals surface area contributed by atoms with Crippen LogP contribution in [-0.2, 0) is 5.33 Å². The van der Waals surface area contributed by atoms with Gasteiger partial charge in [-0.25, -0.2) is 13.8 Å². The van der Waals surface area contributed by atoms with Gasteiger partial charge < -0.3 is 0 Å². The minimum atomic E-state index is -2.74. The molecule has 76 valence electrons. The fourth-order valence-corrected chi connectivity index (χ4v) is 2.18. The molecule has 2 nitrogen and oxygen atoms in total. The zero-order chi connectivity index (χ0) is 10.7. The molecule has 0 aliphatic rings. The third-order valence-electron chi connectivity index (χ3n) is 1.59. The molecule has 1 aromatic heterocycles. The molecule has 0 aliphatic carbocycles. The van der Waals surface area contributed by atoms with Crippen LogP contribution in [0, 0.1) is 0 Å². The summed E-state index contributed by atoms with van der Waals surface area (Å²) in [5, 5.41) is 0.449. The fourth-order valence-electron chi connectivity index (χ4n) is 0.926. The van der Waals surface area contributed by atoms with E-state index in [9.17, 15) is 13.6 Å². The molecular weight excluding hydrogens is 324 g/mol. The van der Waals surface area contributed by atoms with Crippen molar-refractivity contribution in [2.45, 2.75) is 11.8 Å². The Kier molecular flexibility index (Phi) is 4.12. The van der Waals surface area contributed by atoms with Gasteiger partial charge in [0.1, 0.15) is 10.3 Å². The summed E-state index contributed by atoms with van der Waals surface area (Å²) in [4.78, 5) is 14.1. The van der Waals surface area contributed by atoms with Crippen LogP contribution in [0.15, 0.2) is 10.7 Å². The van der Waals surface area contributed by atoms with E-state index in [1.165, 1.54) is 6.07 Å². The van der Waals surface area contributed by atoms with Gasteiger partial charge in [0.15, 0.2) is 6.29 Å². The molecule has 0 aliphatic heterocycles. The second kappa shape index (κ2) is 4.93. The zero-order valence-electron chi connectivity index (χ0n) is 6.81. The number of aromatic nitrogens is 1. The summed E-state index contributed by atoms with van der Waals surface area (Å²) in [5.74, 6) is 0. The van der Waals surface area contributed by atoms with Gasteiger partial charge in [-0.3, -0.25) is 4.79 Å². The maximum atomic E-state index is 12.4. The van der Waals surface area contributed by atoms with E-state index in [1.807, 2.05) is 0 Å². The highest BCUT2D eigenvalue weighted by molar-refractivity contribution is 9.10. The number of pyridine rings is 1. The Bertz CT molecular complexity index is 357. The molecule has 0 fully saturated rings. The molecule has 0 saturated heterocycles. The topological polar surface area (TPSA) is 30.0 Å². The summed E-state index contributed by atoms with van der Waals surface area (Å²) < 4.78 is 25.1. The molecule has 0 unspecified atom stereocenters. The number of carbonyl (C=O) groups excluding carboxylic acids is 1. The number of alkyl halides is 3. The standard InChI is InChI=1S/C8H5Br2F2NO/c9-2-4-1-5(3-14)6(8(11)12)13-7(4)10/h1,3,8H,2H2. The molecular formula is C8H5Br2F2NO. The van der Waals surface area contributed by atoms with Gasteiger partial charge in [0.2, 0.25) is 0 Å². The maximum Gasteiger partial charge on any atom is 0.281 e. The van der Waals surface area contributed by atoms with Crippen LogP contribution in [0.2, 0.25) is 0 Å². The molecule has 0 bridgehead atoms. The van der Waals surface area contributed by atoms with Crippen molar-refractivity contribution in [1.82, 2.24) is 4.98 Å². The van der Waals surface area contributed by atoms with E-state index in [0.717, 1.165) is 0 Å². The summed E-state index contributed by atoms with van der Waals surface area (Å²) in [5.41, 5.74) is 0.103. The van der Waals surface area contributed by atoms with Gasteiger partial charge in [-0.2, -0.15) is 0 Å². The summed E-state index contributed by atoms with van der Waals surface area (Å²) in [6.45, 7) is 0. The lowest BCUT2D eigenvalue weighted by atomic mass is 10.1. The summed E-state index contributed by atoms with van der Waals surface area (Å²) in [6.07, 6.45) is -2.36. The van der Waals surface area contributed by atoms with Gasteiger partial charge in [-0.1, -0.05) is 15.9 Å². The number of hydrogen-bond donors (Lipinski definition) is 0. The third kappa shape index (κ3) is 2.36. The Hall–Kier alpha value is -0.360. The van der Waals surface area contributed by atoms with Crippen LogP contribution in [0.1, 0.15) is 28.0 Å². The lowest BCUT2D eigenvalue weighted by Gasteiger charge is -2.06. The smallest absolute Gasteiger partial charge is 0.281 e. The highest BCUT2D eigenvalue weighted by Crippen LogP contribution is 2.26. The Labute approximate surface area is 96.0 Å². The van der Waals surface area contributed by atoms with Crippen molar-refractivity contribution < 1.29 is 13.6 Å². The summed E-state index contributed by atoms with van der Waals surface area (Å²) in [7, 11) is 0. The van der Waals surface area contributed by atoms with Crippen molar-refractivity contribution in [1.29, 1.82) is 0 Å². The van der Waals surface area contributed by atoms with E-state index in [2.05, 4.69) is 36.8 Å². The molecule has 0 radical (unpaired) electrons. The van der Waals surface area contributed by atoms with Crippen molar-refractivity contribution in [2.75, 3.05) is 0 Å². The van der Waals surface area contributed by atoms with Gasteiger partial charge in [-0.05, 0) is 27.6 Å².